The predicted octanol–water partition coefficient (Wildman–Crippen LogP) is 1.47. The summed E-state index contributed by atoms with van der Waals surface area (Å²) in [6, 6.07) is 19.7. The number of hydrazone groups is 1. The van der Waals surface area contributed by atoms with E-state index >= 15 is 0 Å². The quantitative estimate of drug-likeness (QED) is 0.428. The van der Waals surface area contributed by atoms with E-state index in [9.17, 15) is 15.6 Å². The summed E-state index contributed by atoms with van der Waals surface area (Å²) in [7, 11) is 1.58. The molecule has 0 aliphatic heterocycles. The molecule has 0 fully saturated rings. The maximum atomic E-state index is 10.4. The first-order chi connectivity index (χ1) is 14.6. The molecule has 8 nitrogen and oxygen atoms in total. The zero-order chi connectivity index (χ0) is 21.5. The smallest absolute Gasteiger partial charge is 0.226 e. The molecule has 30 heavy (non-hydrogen) atoms. The molecule has 0 bridgehead atoms. The third kappa shape index (κ3) is 4.22. The fraction of sp³-hybridized carbons (Fsp3) is 0.0476. The number of rotatable bonds is 5. The van der Waals surface area contributed by atoms with Crippen molar-refractivity contribution in [2.75, 3.05) is 7.11 Å². The Labute approximate surface area is 175 Å². The number of nitrogens with one attached hydrogen (secondary N) is 2. The molecule has 0 aliphatic rings. The van der Waals surface area contributed by atoms with Crippen molar-refractivity contribution in [2.24, 2.45) is 5.10 Å². The van der Waals surface area contributed by atoms with Crippen molar-refractivity contribution in [3.05, 3.63) is 74.8 Å². The Morgan fingerprint density at radius 2 is 1.83 bits per heavy atom. The van der Waals surface area contributed by atoms with Crippen molar-refractivity contribution in [3.63, 3.8) is 0 Å². The number of methoxy groups -OCH3 is 1. The first-order valence-electron chi connectivity index (χ1n) is 8.61. The van der Waals surface area contributed by atoms with Crippen LogP contribution in [0.1, 0.15) is 5.56 Å². The summed E-state index contributed by atoms with van der Waals surface area (Å²) in [6.45, 7) is 0. The third-order valence-electron chi connectivity index (χ3n) is 4.01. The maximum absolute atomic E-state index is 10.4. The lowest BCUT2D eigenvalue weighted by molar-refractivity contribution is 0.415. The third-order valence-corrected chi connectivity index (χ3v) is 5.18. The number of hydrogen-bond acceptors (Lipinski definition) is 8. The lowest BCUT2D eigenvalue weighted by Crippen LogP contribution is -2.33. The highest BCUT2D eigenvalue weighted by Gasteiger charge is 2.11. The summed E-state index contributed by atoms with van der Waals surface area (Å²) in [5.41, 5.74) is 3.64. The van der Waals surface area contributed by atoms with Crippen molar-refractivity contribution >= 4 is 29.0 Å². The molecule has 0 unspecified atom stereocenters. The topological polar surface area (TPSA) is 130 Å². The molecular weight excluding hydrogens is 400 g/mol. The number of ether oxygens (including phenoxy) is 1. The van der Waals surface area contributed by atoms with Gasteiger partial charge in [0.2, 0.25) is 5.88 Å². The Kier molecular flexibility index (Phi) is 6.28. The largest absolute Gasteiger partial charge is 0.497 e. The molecule has 3 aromatic rings. The fourth-order valence-electron chi connectivity index (χ4n) is 2.57. The summed E-state index contributed by atoms with van der Waals surface area (Å²) in [5.74, 6) is 0.355. The van der Waals surface area contributed by atoms with Crippen LogP contribution in [0.3, 0.4) is 0 Å². The summed E-state index contributed by atoms with van der Waals surface area (Å²) in [6.07, 6.45) is 1.50. The summed E-state index contributed by atoms with van der Waals surface area (Å²) in [5, 5.41) is 41.5. The van der Waals surface area contributed by atoms with Crippen LogP contribution in [0.15, 0.2) is 59.7 Å². The van der Waals surface area contributed by atoms with Gasteiger partial charge in [0.15, 0.2) is 11.1 Å². The highest BCUT2D eigenvalue weighted by molar-refractivity contribution is 7.07. The Hall–Kier alpha value is -4.34. The summed E-state index contributed by atoms with van der Waals surface area (Å²) in [4.78, 5) is 0. The maximum Gasteiger partial charge on any atom is 0.226 e. The summed E-state index contributed by atoms with van der Waals surface area (Å²) < 4.78 is 6.93. The van der Waals surface area contributed by atoms with Crippen molar-refractivity contribution < 1.29 is 9.84 Å². The van der Waals surface area contributed by atoms with Gasteiger partial charge in [-0.3, -0.25) is 9.98 Å². The van der Waals surface area contributed by atoms with Crippen LogP contribution in [-0.4, -0.2) is 23.0 Å². The van der Waals surface area contributed by atoms with Gasteiger partial charge in [-0.25, -0.2) is 5.43 Å². The van der Waals surface area contributed by atoms with Gasteiger partial charge in [-0.15, -0.1) is 11.3 Å². The Morgan fingerprint density at radius 1 is 1.17 bits per heavy atom. The van der Waals surface area contributed by atoms with Gasteiger partial charge in [-0.2, -0.15) is 15.6 Å². The standard InChI is InChI=1S/C21H16N6O2S/c1-29-17-9-7-14(8-10-17)13-25-26-20(28)18-19(24)27(16-5-3-2-4-6-16)21(30-18)15(11-22)12-23/h2-10,13,24,26,28H,1H3/b20-18-,24-19?,25-13+. The van der Waals surface area contributed by atoms with Gasteiger partial charge in [0.05, 0.1) is 13.3 Å². The number of aromatic nitrogens is 1. The van der Waals surface area contributed by atoms with E-state index in [1.165, 1.54) is 10.8 Å². The van der Waals surface area contributed by atoms with Gasteiger partial charge >= 0.3 is 0 Å². The average Bonchev–Trinajstić information content (AvgIpc) is 3.12. The molecule has 3 rings (SSSR count). The number of para-hydroxylation sites is 1. The molecule has 0 amide bonds. The molecule has 0 aliphatic carbocycles. The molecule has 0 saturated carbocycles. The second kappa shape index (κ2) is 9.24. The van der Waals surface area contributed by atoms with Crippen molar-refractivity contribution in [1.29, 1.82) is 15.9 Å². The highest BCUT2D eigenvalue weighted by atomic mass is 32.1. The number of aliphatic hydroxyl groups excluding tert-OH is 1. The molecule has 0 saturated heterocycles. The molecule has 1 heterocycles. The second-order valence-electron chi connectivity index (χ2n) is 5.85. The molecule has 2 aromatic carbocycles. The van der Waals surface area contributed by atoms with E-state index in [1.807, 2.05) is 18.2 Å². The number of nitriles is 2. The van der Waals surface area contributed by atoms with Crippen LogP contribution in [0.5, 0.6) is 5.75 Å². The van der Waals surface area contributed by atoms with Crippen molar-refractivity contribution in [3.8, 4) is 23.6 Å². The van der Waals surface area contributed by atoms with Gasteiger partial charge < -0.3 is 9.84 Å². The van der Waals surface area contributed by atoms with Crippen LogP contribution in [0.4, 0.5) is 0 Å². The number of hydrogen-bond donors (Lipinski definition) is 3. The number of aliphatic hydroxyl groups is 1. The van der Waals surface area contributed by atoms with Crippen LogP contribution in [-0.2, 0) is 0 Å². The molecule has 0 radical (unpaired) electrons. The first kappa shape index (κ1) is 20.4. The Balaban J connectivity index is 2.07. The van der Waals surface area contributed by atoms with Crippen molar-refractivity contribution in [2.45, 2.75) is 0 Å². The van der Waals surface area contributed by atoms with E-state index in [2.05, 4.69) is 10.5 Å². The lowest BCUT2D eigenvalue weighted by Gasteiger charge is -2.02. The fourth-order valence-corrected chi connectivity index (χ4v) is 3.57. The molecule has 0 atom stereocenters. The summed E-state index contributed by atoms with van der Waals surface area (Å²) >= 11 is 0.951. The monoisotopic (exact) mass is 416 g/mol. The van der Waals surface area contributed by atoms with Crippen LogP contribution in [0, 0.1) is 28.1 Å². The van der Waals surface area contributed by atoms with Gasteiger partial charge in [-0.1, -0.05) is 18.2 Å². The molecule has 148 valence electrons. The van der Waals surface area contributed by atoms with Crippen LogP contribution >= 0.6 is 11.3 Å². The molecule has 3 N–H and O–H groups in total. The van der Waals surface area contributed by atoms with E-state index in [-0.39, 0.29) is 26.1 Å². The molecule has 9 heteroatoms. The van der Waals surface area contributed by atoms with E-state index in [1.54, 1.807) is 55.6 Å². The van der Waals surface area contributed by atoms with E-state index in [0.717, 1.165) is 16.9 Å². The highest BCUT2D eigenvalue weighted by Crippen LogP contribution is 2.09. The SMILES string of the molecule is COc1ccc(/C=N/N/C(O)=c2/sc(=C(C#N)C#N)n(-c3ccccc3)c2=N)cc1. The average molecular weight is 416 g/mol. The first-order valence-corrected chi connectivity index (χ1v) is 9.43. The van der Waals surface area contributed by atoms with E-state index in [0.29, 0.717) is 11.4 Å². The number of nitrogens with zero attached hydrogens (tertiary/aromatic N) is 4. The van der Waals surface area contributed by atoms with Crippen LogP contribution in [0.25, 0.3) is 17.1 Å². The van der Waals surface area contributed by atoms with Gasteiger partial charge in [0.1, 0.15) is 27.1 Å². The second-order valence-corrected chi connectivity index (χ2v) is 6.85. The minimum absolute atomic E-state index is 0.0751. The molecule has 0 spiro atoms. The minimum atomic E-state index is -0.360. The minimum Gasteiger partial charge on any atom is -0.497 e. The van der Waals surface area contributed by atoms with E-state index < -0.39 is 0 Å². The zero-order valence-corrected chi connectivity index (χ0v) is 16.6. The van der Waals surface area contributed by atoms with E-state index in [4.69, 9.17) is 10.1 Å². The molecule has 1 aromatic heterocycles. The lowest BCUT2D eigenvalue weighted by atomic mass is 10.2. The van der Waals surface area contributed by atoms with Crippen LogP contribution in [0.2, 0.25) is 0 Å². The normalized spacial score (nSPS) is 11.4. The predicted molar refractivity (Wildman–Crippen MR) is 113 cm³/mol. The molecular formula is C21H16N6O2S. The van der Waals surface area contributed by atoms with Gasteiger partial charge in [-0.05, 0) is 42.0 Å². The van der Waals surface area contributed by atoms with Crippen molar-refractivity contribution in [1.82, 2.24) is 9.99 Å². The Bertz CT molecular complexity index is 1320. The number of thiazole rings is 1. The van der Waals surface area contributed by atoms with Gasteiger partial charge in [0.25, 0.3) is 0 Å². The zero-order valence-electron chi connectivity index (χ0n) is 15.8. The Morgan fingerprint density at radius 3 is 2.43 bits per heavy atom. The van der Waals surface area contributed by atoms with Crippen LogP contribution < -0.4 is 24.8 Å². The number of benzene rings is 2. The van der Waals surface area contributed by atoms with Gasteiger partial charge in [0, 0.05) is 5.69 Å².